The van der Waals surface area contributed by atoms with E-state index in [9.17, 15) is 14.3 Å². The van der Waals surface area contributed by atoms with Gasteiger partial charge in [0, 0.05) is 13.0 Å². The van der Waals surface area contributed by atoms with Crippen LogP contribution in [0.1, 0.15) is 110 Å². The topological polar surface area (TPSA) is 112 Å². The monoisotopic (exact) mass is 580 g/mol. The molecule has 2 N–H and O–H groups in total. The van der Waals surface area contributed by atoms with Crippen LogP contribution in [-0.2, 0) is 27.9 Å². The average Bonchev–Trinajstić information content (AvgIpc) is 2.86. The van der Waals surface area contributed by atoms with Crippen molar-refractivity contribution in [2.45, 2.75) is 116 Å². The summed E-state index contributed by atoms with van der Waals surface area (Å²) in [6, 6.07) is 0. The van der Waals surface area contributed by atoms with Crippen molar-refractivity contribution < 1.29 is 42.4 Å². The summed E-state index contributed by atoms with van der Waals surface area (Å²) in [5, 5.41) is 8.89. The van der Waals surface area contributed by atoms with Crippen molar-refractivity contribution in [1.29, 1.82) is 0 Å². The maximum Gasteiger partial charge on any atom is 0.472 e. The maximum absolute atomic E-state index is 12.2. The molecular weight excluding hydrogens is 521 g/mol. The van der Waals surface area contributed by atoms with Crippen molar-refractivity contribution in [1.82, 2.24) is 0 Å². The summed E-state index contributed by atoms with van der Waals surface area (Å²) >= 11 is 0. The van der Waals surface area contributed by atoms with E-state index in [1.807, 2.05) is 27.2 Å². The van der Waals surface area contributed by atoms with Crippen LogP contribution in [0.3, 0.4) is 0 Å². The molecule has 9 nitrogen and oxygen atoms in total. The fourth-order valence-corrected chi connectivity index (χ4v) is 4.53. The molecule has 0 rings (SSSR count). The number of unbranched alkanes of at least 4 members (excludes halogenated alkanes) is 13. The Kier molecular flexibility index (Phi) is 24.2. The molecule has 0 heterocycles. The van der Waals surface area contributed by atoms with E-state index in [4.69, 9.17) is 23.6 Å². The van der Waals surface area contributed by atoms with E-state index >= 15 is 0 Å². The van der Waals surface area contributed by atoms with E-state index in [0.717, 1.165) is 12.8 Å². The summed E-state index contributed by atoms with van der Waals surface area (Å²) in [6.45, 7) is 2.52. The predicted octanol–water partition coefficient (Wildman–Crippen LogP) is 6.52. The number of rotatable bonds is 28. The number of nitrogens with zero attached hydrogens (tertiary/aromatic N) is 1. The van der Waals surface area contributed by atoms with Crippen LogP contribution in [0.5, 0.6) is 0 Å². The second kappa shape index (κ2) is 24.8. The fourth-order valence-electron chi connectivity index (χ4n) is 3.79. The lowest BCUT2D eigenvalue weighted by Gasteiger charge is -2.24. The van der Waals surface area contributed by atoms with Gasteiger partial charge in [-0.25, -0.2) is 4.57 Å². The Labute approximate surface area is 238 Å². The Morgan fingerprint density at radius 2 is 1.44 bits per heavy atom. The van der Waals surface area contributed by atoms with Crippen LogP contribution in [0.25, 0.3) is 0 Å². The fraction of sp³-hybridized carbons (Fsp3) is 0.897. The molecule has 0 aliphatic heterocycles. The summed E-state index contributed by atoms with van der Waals surface area (Å²) in [6.07, 6.45) is 20.5. The number of aliphatic hydroxyl groups excluding tert-OH is 1. The molecule has 0 amide bonds. The standard InChI is InChI=1S/C29H58NO8P/c1-5-6-7-8-9-10-11-12-13-14-15-16-17-20-24-35-26-28(38-29(32)21-18-19-23-31)27-37-39(33,34)36-25-22-30(2,3)4/h20,24,28,31H,5-19,21-23,25-27H2,1-4H3/p+1/b24-20-/t28-/m1/s1. The molecule has 0 aromatic heterocycles. The molecule has 39 heavy (non-hydrogen) atoms. The minimum Gasteiger partial charge on any atom is -0.498 e. The second-order valence-corrected chi connectivity index (χ2v) is 12.7. The molecule has 0 radical (unpaired) electrons. The van der Waals surface area contributed by atoms with Crippen molar-refractivity contribution in [2.75, 3.05) is 54.1 Å². The molecule has 0 bridgehead atoms. The van der Waals surface area contributed by atoms with Gasteiger partial charge in [0.2, 0.25) is 0 Å². The molecule has 0 aromatic rings. The van der Waals surface area contributed by atoms with Gasteiger partial charge in [-0.1, -0.05) is 77.6 Å². The summed E-state index contributed by atoms with van der Waals surface area (Å²) in [5.41, 5.74) is 0. The number of aliphatic hydroxyl groups is 1. The molecule has 0 spiro atoms. The minimum absolute atomic E-state index is 0.000432. The van der Waals surface area contributed by atoms with E-state index in [-0.39, 0.29) is 32.8 Å². The van der Waals surface area contributed by atoms with Crippen LogP contribution >= 0.6 is 7.82 Å². The van der Waals surface area contributed by atoms with E-state index in [2.05, 4.69) is 6.92 Å². The molecule has 0 saturated heterocycles. The zero-order valence-electron chi connectivity index (χ0n) is 25.3. The normalized spacial score (nSPS) is 14.4. The molecule has 1 unspecified atom stereocenters. The van der Waals surface area contributed by atoms with Gasteiger partial charge in [0.15, 0.2) is 6.10 Å². The lowest BCUT2D eigenvalue weighted by Crippen LogP contribution is -2.37. The number of phosphoric ester groups is 1. The highest BCUT2D eigenvalue weighted by atomic mass is 31.2. The third-order valence-electron chi connectivity index (χ3n) is 6.23. The van der Waals surface area contributed by atoms with Gasteiger partial charge in [-0.2, -0.15) is 0 Å². The SMILES string of the molecule is CCCCCCCCCCCCCC/C=C\OC[C@H](COP(=O)(O)OCC[N+](C)(C)C)OC(=O)CCCCO. The number of phosphoric acid groups is 1. The Bertz CT molecular complexity index is 654. The third-order valence-corrected chi connectivity index (χ3v) is 7.21. The summed E-state index contributed by atoms with van der Waals surface area (Å²) in [4.78, 5) is 22.1. The molecule has 0 saturated carbocycles. The molecule has 10 heteroatoms. The van der Waals surface area contributed by atoms with Crippen LogP contribution in [0.4, 0.5) is 0 Å². The van der Waals surface area contributed by atoms with Gasteiger partial charge in [-0.15, -0.1) is 0 Å². The Hall–Kier alpha value is -0.960. The van der Waals surface area contributed by atoms with Crippen molar-refractivity contribution >= 4 is 13.8 Å². The quantitative estimate of drug-likeness (QED) is 0.0354. The van der Waals surface area contributed by atoms with Gasteiger partial charge in [0.1, 0.15) is 19.8 Å². The summed E-state index contributed by atoms with van der Waals surface area (Å²) in [5.74, 6) is -0.472. The number of quaternary nitrogens is 1. The van der Waals surface area contributed by atoms with Gasteiger partial charge in [-0.05, 0) is 31.8 Å². The molecule has 2 atom stereocenters. The van der Waals surface area contributed by atoms with E-state index < -0.39 is 19.9 Å². The van der Waals surface area contributed by atoms with Crippen LogP contribution in [0, 0.1) is 0 Å². The van der Waals surface area contributed by atoms with Gasteiger partial charge in [0.25, 0.3) is 0 Å². The number of allylic oxidation sites excluding steroid dienone is 1. The lowest BCUT2D eigenvalue weighted by atomic mass is 10.0. The number of ether oxygens (including phenoxy) is 2. The number of hydrogen-bond donors (Lipinski definition) is 2. The number of carbonyl (C=O) groups excluding carboxylic acids is 1. The van der Waals surface area contributed by atoms with E-state index in [0.29, 0.717) is 23.9 Å². The van der Waals surface area contributed by atoms with Crippen LogP contribution in [0.15, 0.2) is 12.3 Å². The second-order valence-electron chi connectivity index (χ2n) is 11.3. The predicted molar refractivity (Wildman–Crippen MR) is 156 cm³/mol. The molecule has 232 valence electrons. The third kappa shape index (κ3) is 28.4. The smallest absolute Gasteiger partial charge is 0.472 e. The number of hydrogen-bond acceptors (Lipinski definition) is 7. The van der Waals surface area contributed by atoms with Gasteiger partial charge >= 0.3 is 13.8 Å². The highest BCUT2D eigenvalue weighted by molar-refractivity contribution is 7.47. The largest absolute Gasteiger partial charge is 0.498 e. The van der Waals surface area contributed by atoms with Crippen molar-refractivity contribution in [2.24, 2.45) is 0 Å². The van der Waals surface area contributed by atoms with Crippen LogP contribution in [-0.4, -0.2) is 80.7 Å². The van der Waals surface area contributed by atoms with Gasteiger partial charge in [0.05, 0.1) is 34.0 Å². The van der Waals surface area contributed by atoms with Gasteiger partial charge in [-0.3, -0.25) is 13.8 Å². The number of esters is 1. The van der Waals surface area contributed by atoms with Crippen LogP contribution < -0.4 is 0 Å². The molecule has 0 aliphatic rings. The van der Waals surface area contributed by atoms with E-state index in [1.165, 1.54) is 70.6 Å². The maximum atomic E-state index is 12.2. The van der Waals surface area contributed by atoms with E-state index in [1.54, 1.807) is 6.26 Å². The van der Waals surface area contributed by atoms with Crippen molar-refractivity contribution in [3.8, 4) is 0 Å². The Balaban J connectivity index is 4.20. The Morgan fingerprint density at radius 1 is 0.846 bits per heavy atom. The average molecular weight is 581 g/mol. The minimum atomic E-state index is -4.29. The van der Waals surface area contributed by atoms with Crippen molar-refractivity contribution in [3.05, 3.63) is 12.3 Å². The Morgan fingerprint density at radius 3 is 2.00 bits per heavy atom. The molecule has 0 aromatic carbocycles. The first-order valence-electron chi connectivity index (χ1n) is 15.1. The number of likely N-dealkylation sites (N-methyl/N-ethyl adjacent to an activating group) is 1. The highest BCUT2D eigenvalue weighted by Crippen LogP contribution is 2.43. The first kappa shape index (κ1) is 38.0. The highest BCUT2D eigenvalue weighted by Gasteiger charge is 2.26. The van der Waals surface area contributed by atoms with Crippen molar-refractivity contribution in [3.63, 3.8) is 0 Å². The first-order valence-corrected chi connectivity index (χ1v) is 16.6. The zero-order chi connectivity index (χ0) is 29.2. The number of carbonyl (C=O) groups is 1. The lowest BCUT2D eigenvalue weighted by molar-refractivity contribution is -0.870. The first-order chi connectivity index (χ1) is 18.6. The zero-order valence-corrected chi connectivity index (χ0v) is 26.2. The summed E-state index contributed by atoms with van der Waals surface area (Å²) < 4.78 is 33.8. The molecular formula is C29H59NO8P+. The molecule has 0 aliphatic carbocycles. The van der Waals surface area contributed by atoms with Crippen LogP contribution in [0.2, 0.25) is 0 Å². The summed E-state index contributed by atoms with van der Waals surface area (Å²) in [7, 11) is 1.55. The molecule has 0 fully saturated rings. The van der Waals surface area contributed by atoms with Gasteiger partial charge < -0.3 is 24.0 Å².